The number of amides is 1. The predicted octanol–water partition coefficient (Wildman–Crippen LogP) is 0.351. The van der Waals surface area contributed by atoms with Crippen LogP contribution in [-0.4, -0.2) is 44.0 Å². The van der Waals surface area contributed by atoms with Crippen LogP contribution in [0.15, 0.2) is 29.2 Å². The van der Waals surface area contributed by atoms with Crippen molar-refractivity contribution in [3.63, 3.8) is 0 Å². The molecule has 0 saturated carbocycles. The quantitative estimate of drug-likeness (QED) is 0.669. The molecule has 7 nitrogen and oxygen atoms in total. The van der Waals surface area contributed by atoms with Gasteiger partial charge in [0.1, 0.15) is 0 Å². The van der Waals surface area contributed by atoms with E-state index in [0.717, 1.165) is 11.8 Å². The van der Waals surface area contributed by atoms with Crippen molar-refractivity contribution < 1.29 is 23.1 Å². The summed E-state index contributed by atoms with van der Waals surface area (Å²) in [6.45, 7) is 0. The molecule has 0 saturated heterocycles. The molecule has 0 fully saturated rings. The Kier molecular flexibility index (Phi) is 5.99. The molecule has 1 amide bonds. The molecule has 0 aliphatic heterocycles. The van der Waals surface area contributed by atoms with Gasteiger partial charge in [-0.25, -0.2) is 13.1 Å². The zero-order chi connectivity index (χ0) is 15.2. The van der Waals surface area contributed by atoms with Crippen LogP contribution in [0.3, 0.4) is 0 Å². The van der Waals surface area contributed by atoms with Gasteiger partial charge in [-0.1, -0.05) is 6.07 Å². The van der Waals surface area contributed by atoms with Gasteiger partial charge in [0.15, 0.2) is 0 Å². The molecule has 0 aliphatic rings. The summed E-state index contributed by atoms with van der Waals surface area (Å²) in [7, 11) is -2.27. The van der Waals surface area contributed by atoms with Gasteiger partial charge >= 0.3 is 5.97 Å². The number of rotatable bonds is 7. The number of hydrogen-bond acceptors (Lipinski definition) is 5. The van der Waals surface area contributed by atoms with Gasteiger partial charge in [-0.2, -0.15) is 0 Å². The van der Waals surface area contributed by atoms with Crippen molar-refractivity contribution in [2.75, 3.05) is 23.9 Å². The molecule has 1 aromatic carbocycles. The first-order valence-electron chi connectivity index (χ1n) is 5.48. The van der Waals surface area contributed by atoms with E-state index in [2.05, 4.69) is 10.0 Å². The lowest BCUT2D eigenvalue weighted by molar-refractivity contribution is -0.133. The summed E-state index contributed by atoms with van der Waals surface area (Å²) in [6, 6.07) is 5.78. The molecule has 1 rings (SSSR count). The van der Waals surface area contributed by atoms with Gasteiger partial charge in [-0.05, 0) is 25.2 Å². The SMILES string of the molecule is CNS(=O)(=O)c1cccc(NC(=O)CSCC(=O)O)c1. The molecule has 0 bridgehead atoms. The highest BCUT2D eigenvalue weighted by Gasteiger charge is 2.12. The van der Waals surface area contributed by atoms with Gasteiger partial charge in [-0.3, -0.25) is 9.59 Å². The van der Waals surface area contributed by atoms with Gasteiger partial charge in [0.25, 0.3) is 0 Å². The van der Waals surface area contributed by atoms with Crippen molar-refractivity contribution in [3.05, 3.63) is 24.3 Å². The zero-order valence-corrected chi connectivity index (χ0v) is 12.3. The highest BCUT2D eigenvalue weighted by Crippen LogP contribution is 2.15. The fourth-order valence-corrected chi connectivity index (χ4v) is 2.60. The zero-order valence-electron chi connectivity index (χ0n) is 10.6. The Bertz CT molecular complexity index is 601. The third kappa shape index (κ3) is 5.19. The number of aliphatic carboxylic acids is 1. The van der Waals surface area contributed by atoms with E-state index >= 15 is 0 Å². The summed E-state index contributed by atoms with van der Waals surface area (Å²) in [5.41, 5.74) is 0.335. The Labute approximate surface area is 120 Å². The second kappa shape index (κ2) is 7.27. The number of benzene rings is 1. The number of hydrogen-bond donors (Lipinski definition) is 3. The number of carbonyl (C=O) groups excluding carboxylic acids is 1. The van der Waals surface area contributed by atoms with E-state index in [0.29, 0.717) is 5.69 Å². The van der Waals surface area contributed by atoms with E-state index < -0.39 is 21.9 Å². The Hall–Kier alpha value is -1.58. The first-order valence-corrected chi connectivity index (χ1v) is 8.12. The molecule has 9 heteroatoms. The normalized spacial score (nSPS) is 11.1. The molecule has 0 heterocycles. The standard InChI is InChI=1S/C11H14N2O5S2/c1-12-20(17,18)9-4-2-3-8(5-9)13-10(14)6-19-7-11(15)16/h2-5,12H,6-7H2,1H3,(H,13,14)(H,15,16). The van der Waals surface area contributed by atoms with E-state index in [4.69, 9.17) is 5.11 Å². The van der Waals surface area contributed by atoms with Crippen LogP contribution in [0.4, 0.5) is 5.69 Å². The van der Waals surface area contributed by atoms with Crippen LogP contribution in [0.25, 0.3) is 0 Å². The molecule has 0 aromatic heterocycles. The van der Waals surface area contributed by atoms with Gasteiger partial charge in [-0.15, -0.1) is 11.8 Å². The lowest BCUT2D eigenvalue weighted by Crippen LogP contribution is -2.19. The van der Waals surface area contributed by atoms with Crippen molar-refractivity contribution in [3.8, 4) is 0 Å². The second-order valence-electron chi connectivity index (χ2n) is 3.67. The van der Waals surface area contributed by atoms with E-state index in [1.54, 1.807) is 6.07 Å². The number of anilines is 1. The summed E-state index contributed by atoms with van der Waals surface area (Å²) in [5, 5.41) is 11.0. The topological polar surface area (TPSA) is 113 Å². The molecular weight excluding hydrogens is 304 g/mol. The first-order chi connectivity index (χ1) is 9.35. The van der Waals surface area contributed by atoms with Crippen LogP contribution < -0.4 is 10.0 Å². The molecule has 0 unspecified atom stereocenters. The van der Waals surface area contributed by atoms with Gasteiger partial charge < -0.3 is 10.4 Å². The van der Waals surface area contributed by atoms with Crippen LogP contribution >= 0.6 is 11.8 Å². The minimum absolute atomic E-state index is 0.0185. The molecule has 110 valence electrons. The van der Waals surface area contributed by atoms with Gasteiger partial charge in [0.2, 0.25) is 15.9 Å². The average Bonchev–Trinajstić information content (AvgIpc) is 2.38. The summed E-state index contributed by atoms with van der Waals surface area (Å²) in [6.07, 6.45) is 0. The van der Waals surface area contributed by atoms with E-state index in [1.807, 2.05) is 0 Å². The summed E-state index contributed by atoms with van der Waals surface area (Å²) in [5.74, 6) is -1.57. The molecular formula is C11H14N2O5S2. The summed E-state index contributed by atoms with van der Waals surface area (Å²) in [4.78, 5) is 21.9. The molecule has 0 atom stereocenters. The number of sulfonamides is 1. The Balaban J connectivity index is 2.67. The number of carboxylic acids is 1. The Morgan fingerprint density at radius 3 is 2.60 bits per heavy atom. The number of carbonyl (C=O) groups is 2. The van der Waals surface area contributed by atoms with Crippen molar-refractivity contribution in [2.24, 2.45) is 0 Å². The van der Waals surface area contributed by atoms with Crippen LogP contribution in [0.2, 0.25) is 0 Å². The molecule has 3 N–H and O–H groups in total. The van der Waals surface area contributed by atoms with Crippen molar-refractivity contribution >= 4 is 39.3 Å². The van der Waals surface area contributed by atoms with Crippen LogP contribution in [0.5, 0.6) is 0 Å². The third-order valence-corrected chi connectivity index (χ3v) is 4.48. The predicted molar refractivity (Wildman–Crippen MR) is 76.3 cm³/mol. The fourth-order valence-electron chi connectivity index (χ4n) is 1.29. The van der Waals surface area contributed by atoms with E-state index in [-0.39, 0.29) is 16.4 Å². The largest absolute Gasteiger partial charge is 0.481 e. The lowest BCUT2D eigenvalue weighted by atomic mass is 10.3. The Morgan fingerprint density at radius 1 is 1.30 bits per heavy atom. The van der Waals surface area contributed by atoms with Crippen molar-refractivity contribution in [1.82, 2.24) is 4.72 Å². The first kappa shape index (κ1) is 16.5. The Morgan fingerprint density at radius 2 is 2.00 bits per heavy atom. The monoisotopic (exact) mass is 318 g/mol. The summed E-state index contributed by atoms with van der Waals surface area (Å²) < 4.78 is 25.4. The van der Waals surface area contributed by atoms with Crippen molar-refractivity contribution in [2.45, 2.75) is 4.90 Å². The second-order valence-corrected chi connectivity index (χ2v) is 6.54. The smallest absolute Gasteiger partial charge is 0.313 e. The molecule has 0 spiro atoms. The summed E-state index contributed by atoms with van der Waals surface area (Å²) >= 11 is 0.961. The lowest BCUT2D eigenvalue weighted by Gasteiger charge is -2.07. The van der Waals surface area contributed by atoms with E-state index in [1.165, 1.54) is 25.2 Å². The third-order valence-electron chi connectivity index (χ3n) is 2.16. The number of carboxylic acid groups (broad SMARTS) is 1. The highest BCUT2D eigenvalue weighted by molar-refractivity contribution is 8.00. The average molecular weight is 318 g/mol. The van der Waals surface area contributed by atoms with Gasteiger partial charge in [0, 0.05) is 5.69 Å². The highest BCUT2D eigenvalue weighted by atomic mass is 32.2. The van der Waals surface area contributed by atoms with Gasteiger partial charge in [0.05, 0.1) is 16.4 Å². The number of thioether (sulfide) groups is 1. The van der Waals surface area contributed by atoms with E-state index in [9.17, 15) is 18.0 Å². The minimum atomic E-state index is -3.57. The van der Waals surface area contributed by atoms with Crippen LogP contribution in [-0.2, 0) is 19.6 Å². The van der Waals surface area contributed by atoms with Crippen LogP contribution in [0.1, 0.15) is 0 Å². The minimum Gasteiger partial charge on any atom is -0.481 e. The molecule has 1 aromatic rings. The number of nitrogens with one attached hydrogen (secondary N) is 2. The maximum Gasteiger partial charge on any atom is 0.313 e. The maximum atomic E-state index is 11.6. The van der Waals surface area contributed by atoms with Crippen LogP contribution in [0, 0.1) is 0 Å². The molecule has 20 heavy (non-hydrogen) atoms. The molecule has 0 radical (unpaired) electrons. The molecule has 0 aliphatic carbocycles. The van der Waals surface area contributed by atoms with Crippen molar-refractivity contribution in [1.29, 1.82) is 0 Å². The fraction of sp³-hybridized carbons (Fsp3) is 0.273. The maximum absolute atomic E-state index is 11.6.